The Balaban J connectivity index is 1.39. The third kappa shape index (κ3) is 9.19. The van der Waals surface area contributed by atoms with Gasteiger partial charge in [-0.05, 0) is 19.8 Å². The number of hydrogen-bond acceptors (Lipinski definition) is 18. The van der Waals surface area contributed by atoms with Crippen LogP contribution in [-0.2, 0) is 30.2 Å². The monoisotopic (exact) mass is 677 g/mol. The lowest BCUT2D eigenvalue weighted by Gasteiger charge is -2.47. The second-order valence-electron chi connectivity index (χ2n) is 12.6. The van der Waals surface area contributed by atoms with Crippen LogP contribution in [0.2, 0.25) is 0 Å². The second kappa shape index (κ2) is 16.6. The van der Waals surface area contributed by atoms with E-state index in [-0.39, 0.29) is 25.8 Å². The maximum absolute atomic E-state index is 13.2. The summed E-state index contributed by atoms with van der Waals surface area (Å²) < 4.78 is 23.3. The van der Waals surface area contributed by atoms with Crippen LogP contribution in [0.3, 0.4) is 0 Å². The molecule has 4 rings (SSSR count). The van der Waals surface area contributed by atoms with Crippen LogP contribution >= 0.6 is 0 Å². The molecule has 2 aliphatic heterocycles. The normalized spacial score (nSPS) is 41.6. The van der Waals surface area contributed by atoms with Crippen LogP contribution in [-0.4, -0.2) is 164 Å². The number of imidazole rings is 1. The van der Waals surface area contributed by atoms with Gasteiger partial charge in [-0.15, -0.1) is 0 Å². The van der Waals surface area contributed by atoms with Gasteiger partial charge >= 0.3 is 0 Å². The molecule has 0 bridgehead atoms. The Morgan fingerprint density at radius 1 is 1.00 bits per heavy atom. The number of nitrogens with two attached hydrogens (primary N) is 5. The molecule has 1 aliphatic carbocycles. The zero-order valence-corrected chi connectivity index (χ0v) is 26.1. The number of rotatable bonds is 13. The number of carbonyl (C=O) groups is 1. The number of nitrogens with zero attached hydrogens (tertiary/aromatic N) is 1. The van der Waals surface area contributed by atoms with Crippen LogP contribution in [0.5, 0.6) is 0 Å². The van der Waals surface area contributed by atoms with E-state index in [2.05, 4.69) is 20.6 Å². The fourth-order valence-corrected chi connectivity index (χ4v) is 5.93. The number of hydrogen-bond donors (Lipinski definition) is 14. The highest BCUT2D eigenvalue weighted by Crippen LogP contribution is 2.31. The summed E-state index contributed by atoms with van der Waals surface area (Å²) in [6.45, 7) is 0.820. The van der Waals surface area contributed by atoms with E-state index in [9.17, 15) is 35.4 Å². The summed E-state index contributed by atoms with van der Waals surface area (Å²) in [6.07, 6.45) is -10.4. The van der Waals surface area contributed by atoms with Crippen LogP contribution in [0, 0.1) is 0 Å². The lowest BCUT2D eigenvalue weighted by Crippen LogP contribution is -2.68. The largest absolute Gasteiger partial charge is 0.394 e. The van der Waals surface area contributed by atoms with Gasteiger partial charge in [0, 0.05) is 43.0 Å². The van der Waals surface area contributed by atoms with E-state index in [1.807, 2.05) is 0 Å². The molecule has 19 N–H and O–H groups in total. The van der Waals surface area contributed by atoms with Crippen LogP contribution in [0.1, 0.15) is 25.5 Å². The van der Waals surface area contributed by atoms with Gasteiger partial charge in [-0.3, -0.25) is 10.1 Å². The molecule has 2 saturated heterocycles. The van der Waals surface area contributed by atoms with Crippen molar-refractivity contribution in [1.82, 2.24) is 20.6 Å². The van der Waals surface area contributed by atoms with E-state index in [4.69, 9.17) is 47.6 Å². The molecule has 20 heteroatoms. The van der Waals surface area contributed by atoms with Gasteiger partial charge in [-0.2, -0.15) is 0 Å². The lowest BCUT2D eigenvalue weighted by molar-refractivity contribution is -0.315. The number of amides is 1. The Bertz CT molecular complexity index is 1110. The third-order valence-corrected chi connectivity index (χ3v) is 8.83. The van der Waals surface area contributed by atoms with Gasteiger partial charge in [0.25, 0.3) is 0 Å². The molecule has 20 nitrogen and oxygen atoms in total. The maximum Gasteiger partial charge on any atom is 0.237 e. The number of ether oxygens (including phenoxy) is 4. The molecular weight excluding hydrogens is 626 g/mol. The fraction of sp³-hybridized carbons (Fsp3) is 0.852. The molecular formula is C27H51N9O11. The number of aliphatic hydroxyl groups is 6. The summed E-state index contributed by atoms with van der Waals surface area (Å²) in [5, 5.41) is 68.0. The molecule has 17 atom stereocenters. The first kappa shape index (κ1) is 37.9. The van der Waals surface area contributed by atoms with Crippen LogP contribution in [0.15, 0.2) is 12.5 Å². The number of H-pyrrole nitrogens is 1. The van der Waals surface area contributed by atoms with Crippen molar-refractivity contribution in [3.05, 3.63) is 18.2 Å². The molecule has 270 valence electrons. The van der Waals surface area contributed by atoms with Crippen molar-refractivity contribution in [3.63, 3.8) is 0 Å². The molecule has 3 unspecified atom stereocenters. The average Bonchev–Trinajstić information content (AvgIpc) is 3.54. The van der Waals surface area contributed by atoms with Crippen LogP contribution < -0.4 is 39.3 Å². The molecule has 1 saturated carbocycles. The van der Waals surface area contributed by atoms with Crippen molar-refractivity contribution < 1.29 is 54.4 Å². The second-order valence-corrected chi connectivity index (χ2v) is 12.6. The predicted octanol–water partition coefficient (Wildman–Crippen LogP) is -7.55. The SMILES string of the molecule is CC(N)C(O)NC(Cc1cnc[nH]1)C(=O)NC[C@H]1O[C@H](O[C@H]2[C@H](O)[C@@H](O[C@H]3O[C@H](CO)[C@@H](O)[C@H](N)[C@H]3O)[C@H](N)C[C@@H]2N)[C@H](N)C[C@@H]1O. The number of aliphatic hydroxyl groups excluding tert-OH is 6. The molecule has 1 aromatic heterocycles. The van der Waals surface area contributed by atoms with E-state index >= 15 is 0 Å². The first-order valence-corrected chi connectivity index (χ1v) is 15.6. The Morgan fingerprint density at radius 2 is 1.64 bits per heavy atom. The van der Waals surface area contributed by atoms with Crippen LogP contribution in [0.4, 0.5) is 0 Å². The Kier molecular flexibility index (Phi) is 13.4. The van der Waals surface area contributed by atoms with Gasteiger partial charge in [0.1, 0.15) is 49.0 Å². The average molecular weight is 678 g/mol. The minimum Gasteiger partial charge on any atom is -0.394 e. The zero-order valence-electron chi connectivity index (χ0n) is 26.1. The predicted molar refractivity (Wildman–Crippen MR) is 161 cm³/mol. The highest BCUT2D eigenvalue weighted by atomic mass is 16.7. The van der Waals surface area contributed by atoms with Gasteiger partial charge in [0.05, 0.1) is 37.2 Å². The molecule has 0 spiro atoms. The molecule has 0 radical (unpaired) electrons. The fourth-order valence-electron chi connectivity index (χ4n) is 5.93. The summed E-state index contributed by atoms with van der Waals surface area (Å²) in [4.78, 5) is 20.0. The standard InChI is InChI=1S/C27H51N9O11/c1-9(28)24(42)36-14(2-10-5-33-8-35-10)25(43)34-6-16-15(38)4-13(31)26(44-16)46-22-11(29)3-12(30)23(21(22)41)47-27-20(40)18(32)19(39)17(7-37)45-27/h5,8-9,11-24,26-27,36-42H,2-4,6-7,28-32H2,1H3,(H,33,35)(H,34,43)/t9?,11-,12+,13+,14?,15-,16+,17+,18-,19+,20+,21-,22+,23-,24?,26+,27+/m0/s1. The van der Waals surface area contributed by atoms with Crippen molar-refractivity contribution in [3.8, 4) is 0 Å². The van der Waals surface area contributed by atoms with Crippen LogP contribution in [0.25, 0.3) is 0 Å². The molecule has 0 aromatic carbocycles. The number of nitrogens with one attached hydrogen (secondary N) is 3. The Labute approximate surface area is 271 Å². The van der Waals surface area contributed by atoms with Gasteiger partial charge in [0.2, 0.25) is 5.91 Å². The van der Waals surface area contributed by atoms with Gasteiger partial charge in [-0.1, -0.05) is 0 Å². The third-order valence-electron chi connectivity index (χ3n) is 8.83. The van der Waals surface area contributed by atoms with Crippen molar-refractivity contribution in [2.24, 2.45) is 28.7 Å². The van der Waals surface area contributed by atoms with Gasteiger partial charge < -0.3 is 88.6 Å². The van der Waals surface area contributed by atoms with E-state index in [0.29, 0.717) is 5.69 Å². The Morgan fingerprint density at radius 3 is 2.23 bits per heavy atom. The highest BCUT2D eigenvalue weighted by Gasteiger charge is 2.50. The van der Waals surface area contributed by atoms with E-state index in [1.54, 1.807) is 13.1 Å². The zero-order chi connectivity index (χ0) is 34.6. The topological polar surface area (TPSA) is 358 Å². The summed E-state index contributed by atoms with van der Waals surface area (Å²) >= 11 is 0. The Hall–Kier alpha value is -1.96. The van der Waals surface area contributed by atoms with Crippen molar-refractivity contribution >= 4 is 5.91 Å². The first-order chi connectivity index (χ1) is 22.2. The van der Waals surface area contributed by atoms with Gasteiger partial charge in [-0.25, -0.2) is 4.98 Å². The molecule has 1 aromatic rings. The summed E-state index contributed by atoms with van der Waals surface area (Å²) in [6, 6.07) is -5.28. The highest BCUT2D eigenvalue weighted by molar-refractivity contribution is 5.82. The molecule has 47 heavy (non-hydrogen) atoms. The number of carbonyl (C=O) groups excluding carboxylic acids is 1. The van der Waals surface area contributed by atoms with Crippen molar-refractivity contribution in [1.29, 1.82) is 0 Å². The smallest absolute Gasteiger partial charge is 0.237 e. The maximum atomic E-state index is 13.2. The van der Waals surface area contributed by atoms with Crippen molar-refractivity contribution in [2.45, 2.75) is 130 Å². The molecule has 3 heterocycles. The molecule has 3 aliphatic rings. The van der Waals surface area contributed by atoms with E-state index < -0.39 is 116 Å². The molecule has 3 fully saturated rings. The van der Waals surface area contributed by atoms with E-state index in [1.165, 1.54) is 6.33 Å². The number of aromatic amines is 1. The summed E-state index contributed by atoms with van der Waals surface area (Å²) in [7, 11) is 0. The van der Waals surface area contributed by atoms with Gasteiger partial charge in [0.15, 0.2) is 12.6 Å². The quantitative estimate of drug-likeness (QED) is 0.0862. The molecule has 1 amide bonds. The van der Waals surface area contributed by atoms with E-state index in [0.717, 1.165) is 0 Å². The first-order valence-electron chi connectivity index (χ1n) is 15.6. The number of aromatic nitrogens is 2. The van der Waals surface area contributed by atoms with Crippen molar-refractivity contribution in [2.75, 3.05) is 13.2 Å². The lowest BCUT2D eigenvalue weighted by atomic mass is 9.84. The minimum atomic E-state index is -1.51. The minimum absolute atomic E-state index is 0.0206. The summed E-state index contributed by atoms with van der Waals surface area (Å²) in [5.74, 6) is -0.510. The summed E-state index contributed by atoms with van der Waals surface area (Å²) in [5.41, 5.74) is 31.1.